The average molecular weight is 152 g/mol. The summed E-state index contributed by atoms with van der Waals surface area (Å²) in [6.07, 6.45) is 3.86. The fourth-order valence-electron chi connectivity index (χ4n) is 1.14. The van der Waals surface area contributed by atoms with Crippen LogP contribution in [0.25, 0.3) is 0 Å². The summed E-state index contributed by atoms with van der Waals surface area (Å²) in [6.45, 7) is 5.24. The Morgan fingerprint density at radius 2 is 2.64 bits per heavy atom. The summed E-state index contributed by atoms with van der Waals surface area (Å²) in [5.74, 6) is 0. The number of nitrogens with zero attached hydrogens (tertiary/aromatic N) is 1. The minimum absolute atomic E-state index is 0.149. The Morgan fingerprint density at radius 1 is 1.82 bits per heavy atom. The largest absolute Gasteiger partial charge is 0.376 e. The van der Waals surface area contributed by atoms with Crippen LogP contribution < -0.4 is 5.32 Å². The van der Waals surface area contributed by atoms with Gasteiger partial charge in [-0.3, -0.25) is 0 Å². The molecule has 0 unspecified atom stereocenters. The van der Waals surface area contributed by atoms with Crippen molar-refractivity contribution in [1.82, 2.24) is 5.32 Å². The molecule has 1 aliphatic heterocycles. The normalized spacial score (nSPS) is 24.3. The molecule has 1 aliphatic rings. The highest BCUT2D eigenvalue weighted by molar-refractivity contribution is 4.99. The molecule has 3 heteroatoms. The maximum Gasteiger partial charge on any atom is 0.176 e. The van der Waals surface area contributed by atoms with Crippen LogP contribution in [0.4, 0.5) is 0 Å². The molecule has 0 aromatic rings. The molecule has 0 radical (unpaired) electrons. The summed E-state index contributed by atoms with van der Waals surface area (Å²) in [4.78, 5) is 0. The molecule has 0 saturated carbocycles. The monoisotopic (exact) mass is 152 g/mol. The molecule has 0 spiro atoms. The van der Waals surface area contributed by atoms with Gasteiger partial charge in [0, 0.05) is 0 Å². The zero-order chi connectivity index (χ0) is 8.10. The van der Waals surface area contributed by atoms with Crippen LogP contribution >= 0.6 is 0 Å². The van der Waals surface area contributed by atoms with E-state index in [1.54, 1.807) is 0 Å². The fourth-order valence-corrected chi connectivity index (χ4v) is 1.14. The van der Waals surface area contributed by atoms with Crippen molar-refractivity contribution in [3.05, 3.63) is 12.2 Å². The van der Waals surface area contributed by atoms with E-state index < -0.39 is 0 Å². The van der Waals surface area contributed by atoms with Crippen molar-refractivity contribution in [1.29, 1.82) is 5.26 Å². The van der Waals surface area contributed by atoms with Crippen LogP contribution in [-0.2, 0) is 4.74 Å². The van der Waals surface area contributed by atoms with Gasteiger partial charge in [-0.15, -0.1) is 0 Å². The number of nitriles is 1. The third-order valence-electron chi connectivity index (χ3n) is 1.73. The molecule has 0 aromatic heterocycles. The highest BCUT2D eigenvalue weighted by Crippen LogP contribution is 2.16. The van der Waals surface area contributed by atoms with Gasteiger partial charge in [0.1, 0.15) is 0 Å². The van der Waals surface area contributed by atoms with E-state index in [1.807, 2.05) is 6.19 Å². The first kappa shape index (κ1) is 8.09. The van der Waals surface area contributed by atoms with Gasteiger partial charge >= 0.3 is 0 Å². The molecule has 60 valence electrons. The van der Waals surface area contributed by atoms with E-state index >= 15 is 0 Å². The van der Waals surface area contributed by atoms with Crippen LogP contribution in [0, 0.1) is 11.5 Å². The second-order valence-electron chi connectivity index (χ2n) is 2.69. The SMILES string of the molecule is C=C1CCO[C@@H](CNC#N)C1. The second-order valence-corrected chi connectivity index (χ2v) is 2.69. The Balaban J connectivity index is 2.24. The van der Waals surface area contributed by atoms with E-state index in [-0.39, 0.29) is 6.10 Å². The topological polar surface area (TPSA) is 45.0 Å². The minimum Gasteiger partial charge on any atom is -0.376 e. The van der Waals surface area contributed by atoms with Crippen molar-refractivity contribution in [3.63, 3.8) is 0 Å². The zero-order valence-electron chi connectivity index (χ0n) is 6.47. The Hall–Kier alpha value is -1.01. The van der Waals surface area contributed by atoms with E-state index in [2.05, 4.69) is 11.9 Å². The van der Waals surface area contributed by atoms with Crippen molar-refractivity contribution in [2.75, 3.05) is 13.2 Å². The smallest absolute Gasteiger partial charge is 0.176 e. The average Bonchev–Trinajstić information content (AvgIpc) is 2.01. The first-order chi connectivity index (χ1) is 5.33. The van der Waals surface area contributed by atoms with Gasteiger partial charge in [0.05, 0.1) is 19.3 Å². The van der Waals surface area contributed by atoms with E-state index in [1.165, 1.54) is 5.57 Å². The third-order valence-corrected chi connectivity index (χ3v) is 1.73. The number of ether oxygens (including phenoxy) is 1. The quantitative estimate of drug-likeness (QED) is 0.361. The molecule has 11 heavy (non-hydrogen) atoms. The molecule has 1 saturated heterocycles. The minimum atomic E-state index is 0.149. The lowest BCUT2D eigenvalue weighted by molar-refractivity contribution is 0.0389. The number of nitrogens with one attached hydrogen (secondary N) is 1. The lowest BCUT2D eigenvalue weighted by atomic mass is 10.0. The molecule has 0 bridgehead atoms. The Kier molecular flexibility index (Phi) is 2.94. The van der Waals surface area contributed by atoms with Crippen LogP contribution in [0.15, 0.2) is 12.2 Å². The summed E-state index contributed by atoms with van der Waals surface area (Å²) >= 11 is 0. The van der Waals surface area contributed by atoms with Crippen LogP contribution in [0.5, 0.6) is 0 Å². The van der Waals surface area contributed by atoms with Crippen LogP contribution in [0.3, 0.4) is 0 Å². The Bertz CT molecular complexity index is 183. The van der Waals surface area contributed by atoms with Crippen molar-refractivity contribution >= 4 is 0 Å². The molecule has 1 N–H and O–H groups in total. The highest BCUT2D eigenvalue weighted by atomic mass is 16.5. The van der Waals surface area contributed by atoms with Gasteiger partial charge < -0.3 is 10.1 Å². The van der Waals surface area contributed by atoms with Crippen molar-refractivity contribution in [3.8, 4) is 6.19 Å². The van der Waals surface area contributed by atoms with Crippen LogP contribution in [0.2, 0.25) is 0 Å². The summed E-state index contributed by atoms with van der Waals surface area (Å²) < 4.78 is 5.38. The van der Waals surface area contributed by atoms with E-state index in [0.29, 0.717) is 6.54 Å². The molecular weight excluding hydrogens is 140 g/mol. The van der Waals surface area contributed by atoms with Gasteiger partial charge in [-0.1, -0.05) is 12.2 Å². The number of hydrogen-bond donors (Lipinski definition) is 1. The van der Waals surface area contributed by atoms with Crippen LogP contribution in [0.1, 0.15) is 12.8 Å². The zero-order valence-corrected chi connectivity index (χ0v) is 6.47. The van der Waals surface area contributed by atoms with Crippen molar-refractivity contribution in [2.45, 2.75) is 18.9 Å². The van der Waals surface area contributed by atoms with E-state index in [9.17, 15) is 0 Å². The lowest BCUT2D eigenvalue weighted by Gasteiger charge is -2.23. The third kappa shape index (κ3) is 2.60. The lowest BCUT2D eigenvalue weighted by Crippen LogP contribution is -2.30. The standard InChI is InChI=1S/C8H12N2O/c1-7-2-3-11-8(4-7)5-10-6-9/h8,10H,1-5H2/t8-/m1/s1. The Morgan fingerprint density at radius 3 is 3.27 bits per heavy atom. The van der Waals surface area contributed by atoms with Gasteiger partial charge in [-0.2, -0.15) is 5.26 Å². The van der Waals surface area contributed by atoms with Gasteiger partial charge in [-0.25, -0.2) is 0 Å². The van der Waals surface area contributed by atoms with Gasteiger partial charge in [0.25, 0.3) is 0 Å². The van der Waals surface area contributed by atoms with Gasteiger partial charge in [0.15, 0.2) is 6.19 Å². The molecule has 1 heterocycles. The maximum absolute atomic E-state index is 8.22. The molecule has 1 atom stereocenters. The maximum atomic E-state index is 8.22. The summed E-state index contributed by atoms with van der Waals surface area (Å²) in [5.41, 5.74) is 1.22. The fraction of sp³-hybridized carbons (Fsp3) is 0.625. The molecule has 3 nitrogen and oxygen atoms in total. The predicted octanol–water partition coefficient (Wildman–Crippen LogP) is 0.792. The molecule has 0 aromatic carbocycles. The summed E-state index contributed by atoms with van der Waals surface area (Å²) in [6, 6.07) is 0. The second kappa shape index (κ2) is 3.99. The first-order valence-electron chi connectivity index (χ1n) is 3.73. The molecule has 1 rings (SSSR count). The van der Waals surface area contributed by atoms with Crippen LogP contribution in [-0.4, -0.2) is 19.3 Å². The van der Waals surface area contributed by atoms with Crippen molar-refractivity contribution < 1.29 is 4.74 Å². The number of rotatable bonds is 2. The highest BCUT2D eigenvalue weighted by Gasteiger charge is 2.15. The summed E-state index contributed by atoms with van der Waals surface area (Å²) in [7, 11) is 0. The number of hydrogen-bond acceptors (Lipinski definition) is 3. The molecule has 0 aliphatic carbocycles. The van der Waals surface area contributed by atoms with Gasteiger partial charge in [-0.05, 0) is 12.8 Å². The summed E-state index contributed by atoms with van der Waals surface area (Å²) in [5, 5.41) is 10.8. The predicted molar refractivity (Wildman–Crippen MR) is 41.7 cm³/mol. The van der Waals surface area contributed by atoms with Gasteiger partial charge in [0.2, 0.25) is 0 Å². The first-order valence-corrected chi connectivity index (χ1v) is 3.73. The molecule has 0 amide bonds. The molecule has 1 fully saturated rings. The Labute approximate surface area is 66.7 Å². The van der Waals surface area contributed by atoms with Crippen molar-refractivity contribution in [2.24, 2.45) is 0 Å². The van der Waals surface area contributed by atoms with E-state index in [0.717, 1.165) is 19.4 Å². The van der Waals surface area contributed by atoms with E-state index in [4.69, 9.17) is 10.00 Å². The molecular formula is C8H12N2O.